The number of aromatic amines is 1. The van der Waals surface area contributed by atoms with Gasteiger partial charge in [-0.1, -0.05) is 36.0 Å². The highest BCUT2D eigenvalue weighted by Gasteiger charge is 2.16. The van der Waals surface area contributed by atoms with E-state index in [1.54, 1.807) is 12.1 Å². The number of hydrogen-bond donors (Lipinski definition) is 1. The van der Waals surface area contributed by atoms with Gasteiger partial charge in [0.1, 0.15) is 5.82 Å². The molecular formula is C16H19Cl2N3O. The van der Waals surface area contributed by atoms with Gasteiger partial charge < -0.3 is 9.88 Å². The first kappa shape index (κ1) is 15.6. The summed E-state index contributed by atoms with van der Waals surface area (Å²) >= 11 is 12.0. The fraction of sp³-hybridized carbons (Fsp3) is 0.500. The third kappa shape index (κ3) is 3.55. The number of halogens is 2. The van der Waals surface area contributed by atoms with E-state index in [2.05, 4.69) is 9.97 Å². The Morgan fingerprint density at radius 3 is 2.55 bits per heavy atom. The van der Waals surface area contributed by atoms with Gasteiger partial charge in [0.2, 0.25) is 5.91 Å². The van der Waals surface area contributed by atoms with E-state index in [0.29, 0.717) is 22.9 Å². The lowest BCUT2D eigenvalue weighted by molar-refractivity contribution is -0.131. The fourth-order valence-corrected chi connectivity index (χ4v) is 3.20. The molecule has 22 heavy (non-hydrogen) atoms. The number of aryl methyl sites for hydroxylation is 1. The van der Waals surface area contributed by atoms with Crippen LogP contribution in [0.2, 0.25) is 10.0 Å². The number of carbonyl (C=O) groups is 1. The number of imidazole rings is 1. The number of hydrogen-bond acceptors (Lipinski definition) is 2. The van der Waals surface area contributed by atoms with Crippen LogP contribution in [-0.2, 0) is 11.2 Å². The van der Waals surface area contributed by atoms with E-state index >= 15 is 0 Å². The van der Waals surface area contributed by atoms with Crippen molar-refractivity contribution in [3.05, 3.63) is 28.0 Å². The van der Waals surface area contributed by atoms with E-state index in [1.807, 2.05) is 4.90 Å². The summed E-state index contributed by atoms with van der Waals surface area (Å²) in [6.45, 7) is 1.79. The molecule has 118 valence electrons. The number of aromatic nitrogens is 2. The minimum absolute atomic E-state index is 0.221. The minimum Gasteiger partial charge on any atom is -0.343 e. The molecule has 0 aliphatic carbocycles. The van der Waals surface area contributed by atoms with Crippen molar-refractivity contribution >= 4 is 40.1 Å². The Kier molecular flexibility index (Phi) is 4.89. The van der Waals surface area contributed by atoms with Crippen LogP contribution in [0.1, 0.15) is 37.9 Å². The zero-order valence-electron chi connectivity index (χ0n) is 12.4. The summed E-state index contributed by atoms with van der Waals surface area (Å²) < 4.78 is 0. The van der Waals surface area contributed by atoms with Gasteiger partial charge in [-0.3, -0.25) is 4.79 Å². The normalized spacial score (nSPS) is 16.0. The molecule has 0 unspecified atom stereocenters. The van der Waals surface area contributed by atoms with Crippen molar-refractivity contribution in [2.45, 2.75) is 38.5 Å². The maximum absolute atomic E-state index is 12.3. The predicted molar refractivity (Wildman–Crippen MR) is 89.5 cm³/mol. The van der Waals surface area contributed by atoms with Crippen molar-refractivity contribution < 1.29 is 4.79 Å². The first-order valence-corrected chi connectivity index (χ1v) is 8.50. The molecule has 1 aromatic carbocycles. The lowest BCUT2D eigenvalue weighted by Gasteiger charge is -2.19. The van der Waals surface area contributed by atoms with Gasteiger partial charge in [0, 0.05) is 25.9 Å². The minimum atomic E-state index is 0.221. The number of fused-ring (bicyclic) bond motifs is 1. The van der Waals surface area contributed by atoms with Gasteiger partial charge in [-0.05, 0) is 25.0 Å². The highest BCUT2D eigenvalue weighted by molar-refractivity contribution is 6.42. The smallest absolute Gasteiger partial charge is 0.223 e. The number of benzene rings is 1. The van der Waals surface area contributed by atoms with Crippen LogP contribution in [0.3, 0.4) is 0 Å². The Morgan fingerprint density at radius 2 is 1.82 bits per heavy atom. The molecule has 0 bridgehead atoms. The summed E-state index contributed by atoms with van der Waals surface area (Å²) in [5, 5.41) is 0.998. The largest absolute Gasteiger partial charge is 0.343 e. The molecule has 3 rings (SSSR count). The van der Waals surface area contributed by atoms with E-state index in [0.717, 1.165) is 42.8 Å². The zero-order valence-corrected chi connectivity index (χ0v) is 13.9. The summed E-state index contributed by atoms with van der Waals surface area (Å²) in [6.07, 6.45) is 5.80. The first-order valence-electron chi connectivity index (χ1n) is 7.75. The summed E-state index contributed by atoms with van der Waals surface area (Å²) in [6, 6.07) is 3.52. The van der Waals surface area contributed by atoms with Gasteiger partial charge in [-0.25, -0.2) is 4.98 Å². The van der Waals surface area contributed by atoms with Crippen molar-refractivity contribution in [2.75, 3.05) is 13.1 Å². The van der Waals surface area contributed by atoms with Crippen LogP contribution < -0.4 is 0 Å². The molecule has 1 saturated heterocycles. The third-order valence-electron chi connectivity index (χ3n) is 4.11. The molecule has 2 heterocycles. The lowest BCUT2D eigenvalue weighted by atomic mass is 10.2. The second kappa shape index (κ2) is 6.88. The van der Waals surface area contributed by atoms with Crippen LogP contribution in [0.15, 0.2) is 12.1 Å². The molecule has 1 fully saturated rings. The molecular weight excluding hydrogens is 321 g/mol. The molecule has 0 spiro atoms. The van der Waals surface area contributed by atoms with E-state index in [-0.39, 0.29) is 5.91 Å². The van der Waals surface area contributed by atoms with Crippen molar-refractivity contribution in [3.8, 4) is 0 Å². The summed E-state index contributed by atoms with van der Waals surface area (Å²) in [5.74, 6) is 1.02. The van der Waals surface area contributed by atoms with Gasteiger partial charge in [0.15, 0.2) is 0 Å². The SMILES string of the molecule is O=C(CCc1nc2cc(Cl)c(Cl)cc2[nH]1)N1CCCCCC1. The molecule has 4 nitrogen and oxygen atoms in total. The van der Waals surface area contributed by atoms with Crippen LogP contribution >= 0.6 is 23.2 Å². The van der Waals surface area contributed by atoms with Crippen LogP contribution in [0.4, 0.5) is 0 Å². The van der Waals surface area contributed by atoms with Crippen LogP contribution in [0, 0.1) is 0 Å². The monoisotopic (exact) mass is 339 g/mol. The molecule has 2 aromatic rings. The summed E-state index contributed by atoms with van der Waals surface area (Å²) in [4.78, 5) is 22.0. The standard InChI is InChI=1S/C16H19Cl2N3O/c17-11-9-13-14(10-12(11)18)20-15(19-13)5-6-16(22)21-7-3-1-2-4-8-21/h9-10H,1-8H2,(H,19,20). The highest BCUT2D eigenvalue weighted by Crippen LogP contribution is 2.26. The predicted octanol–water partition coefficient (Wildman–Crippen LogP) is 4.20. The molecule has 0 radical (unpaired) electrons. The Balaban J connectivity index is 1.64. The van der Waals surface area contributed by atoms with E-state index < -0.39 is 0 Å². The fourth-order valence-electron chi connectivity index (χ4n) is 2.88. The quantitative estimate of drug-likeness (QED) is 0.910. The maximum atomic E-state index is 12.3. The maximum Gasteiger partial charge on any atom is 0.223 e. The third-order valence-corrected chi connectivity index (χ3v) is 4.83. The second-order valence-corrected chi connectivity index (χ2v) is 6.58. The average molecular weight is 340 g/mol. The van der Waals surface area contributed by atoms with Crippen molar-refractivity contribution in [1.29, 1.82) is 0 Å². The van der Waals surface area contributed by atoms with Gasteiger partial charge in [0.05, 0.1) is 21.1 Å². The van der Waals surface area contributed by atoms with Crippen LogP contribution in [0.25, 0.3) is 11.0 Å². The van der Waals surface area contributed by atoms with Crippen LogP contribution in [0.5, 0.6) is 0 Å². The molecule has 1 aliphatic rings. The topological polar surface area (TPSA) is 49.0 Å². The number of carbonyl (C=O) groups excluding carboxylic acids is 1. The Labute approximate surface area is 139 Å². The molecule has 0 atom stereocenters. The van der Waals surface area contributed by atoms with Crippen molar-refractivity contribution in [2.24, 2.45) is 0 Å². The van der Waals surface area contributed by atoms with E-state index in [4.69, 9.17) is 23.2 Å². The molecule has 1 N–H and O–H groups in total. The molecule has 1 aromatic heterocycles. The Morgan fingerprint density at radius 1 is 1.14 bits per heavy atom. The Hall–Kier alpha value is -1.26. The molecule has 6 heteroatoms. The first-order chi connectivity index (χ1) is 10.6. The summed E-state index contributed by atoms with van der Waals surface area (Å²) in [7, 11) is 0. The average Bonchev–Trinajstić information content (AvgIpc) is 2.72. The van der Waals surface area contributed by atoms with Crippen molar-refractivity contribution in [1.82, 2.24) is 14.9 Å². The molecule has 1 aliphatic heterocycles. The van der Waals surface area contributed by atoms with Gasteiger partial charge in [-0.2, -0.15) is 0 Å². The van der Waals surface area contributed by atoms with Crippen LogP contribution in [-0.4, -0.2) is 33.9 Å². The number of amides is 1. The van der Waals surface area contributed by atoms with E-state index in [9.17, 15) is 4.79 Å². The Bertz CT molecular complexity index is 636. The number of H-pyrrole nitrogens is 1. The number of rotatable bonds is 3. The lowest BCUT2D eigenvalue weighted by Crippen LogP contribution is -2.32. The van der Waals surface area contributed by atoms with Gasteiger partial charge in [-0.15, -0.1) is 0 Å². The number of nitrogens with one attached hydrogen (secondary N) is 1. The van der Waals surface area contributed by atoms with Gasteiger partial charge >= 0.3 is 0 Å². The zero-order chi connectivity index (χ0) is 15.5. The van der Waals surface area contributed by atoms with Gasteiger partial charge in [0.25, 0.3) is 0 Å². The number of likely N-dealkylation sites (tertiary alicyclic amines) is 1. The second-order valence-electron chi connectivity index (χ2n) is 5.76. The van der Waals surface area contributed by atoms with E-state index in [1.165, 1.54) is 12.8 Å². The summed E-state index contributed by atoms with van der Waals surface area (Å²) in [5.41, 5.74) is 1.64. The number of nitrogens with zero attached hydrogens (tertiary/aromatic N) is 2. The highest BCUT2D eigenvalue weighted by atomic mass is 35.5. The van der Waals surface area contributed by atoms with Crippen molar-refractivity contribution in [3.63, 3.8) is 0 Å². The molecule has 0 saturated carbocycles. The molecule has 1 amide bonds.